The van der Waals surface area contributed by atoms with Crippen molar-refractivity contribution in [1.29, 1.82) is 0 Å². The Morgan fingerprint density at radius 3 is 2.33 bits per heavy atom. The van der Waals surface area contributed by atoms with E-state index in [4.69, 9.17) is 0 Å². The van der Waals surface area contributed by atoms with Crippen molar-refractivity contribution < 1.29 is 23.1 Å². The van der Waals surface area contributed by atoms with E-state index in [2.05, 4.69) is 11.6 Å². The second-order valence-corrected chi connectivity index (χ2v) is 9.00. The van der Waals surface area contributed by atoms with Gasteiger partial charge in [-0.05, 0) is 51.4 Å². The maximum Gasteiger partial charge on any atom is 0.308 e. The lowest BCUT2D eigenvalue weighted by Gasteiger charge is -2.37. The summed E-state index contributed by atoms with van der Waals surface area (Å²) in [6.45, 7) is 4.25. The number of aliphatic carboxylic acids is 1. The molecule has 2 fully saturated rings. The Morgan fingerprint density at radius 2 is 1.75 bits per heavy atom. The van der Waals surface area contributed by atoms with Crippen LogP contribution in [0.3, 0.4) is 0 Å². The molecular weight excluding hydrogens is 332 g/mol. The normalized spacial score (nSPS) is 31.7. The van der Waals surface area contributed by atoms with Gasteiger partial charge in [0, 0.05) is 18.6 Å². The summed E-state index contributed by atoms with van der Waals surface area (Å²) in [6, 6.07) is -0.570. The van der Waals surface area contributed by atoms with Crippen LogP contribution in [0.15, 0.2) is 0 Å². The van der Waals surface area contributed by atoms with Crippen molar-refractivity contribution in [2.45, 2.75) is 64.5 Å². The van der Waals surface area contributed by atoms with E-state index in [-0.39, 0.29) is 6.04 Å². The minimum Gasteiger partial charge on any atom is -0.481 e. The van der Waals surface area contributed by atoms with Gasteiger partial charge in [0.2, 0.25) is 15.9 Å². The number of piperidine rings is 1. The quantitative estimate of drug-likeness (QED) is 0.766. The number of rotatable bonds is 5. The number of carboxylic acid groups (broad SMARTS) is 1. The zero-order valence-corrected chi connectivity index (χ0v) is 15.2. The van der Waals surface area contributed by atoms with Gasteiger partial charge in [-0.1, -0.05) is 6.92 Å². The first kappa shape index (κ1) is 19.2. The summed E-state index contributed by atoms with van der Waals surface area (Å²) in [4.78, 5) is 25.0. The Morgan fingerprint density at radius 1 is 1.12 bits per heavy atom. The fraction of sp³-hybridized carbons (Fsp3) is 0.875. The predicted molar refractivity (Wildman–Crippen MR) is 89.9 cm³/mol. The van der Waals surface area contributed by atoms with Gasteiger partial charge in [0.05, 0.1) is 5.92 Å². The first-order chi connectivity index (χ1) is 11.2. The second kappa shape index (κ2) is 7.82. The molecule has 2 N–H and O–H groups in total. The maximum absolute atomic E-state index is 12.4. The SMILES string of the molecule is CC1CCC(NS(=O)(=O)CC(=O)N2CCC[C@H](C(=O)O)[C@@H]2C)CC1. The molecule has 0 radical (unpaired) electrons. The molecule has 24 heavy (non-hydrogen) atoms. The summed E-state index contributed by atoms with van der Waals surface area (Å²) in [7, 11) is -3.70. The highest BCUT2D eigenvalue weighted by Gasteiger charge is 2.36. The van der Waals surface area contributed by atoms with E-state index >= 15 is 0 Å². The summed E-state index contributed by atoms with van der Waals surface area (Å²) in [5.41, 5.74) is 0. The van der Waals surface area contributed by atoms with E-state index in [0.717, 1.165) is 25.7 Å². The average molecular weight is 360 g/mol. The van der Waals surface area contributed by atoms with Gasteiger partial charge in [-0.15, -0.1) is 0 Å². The molecule has 2 rings (SSSR count). The number of carboxylic acids is 1. The molecular formula is C16H28N2O5S. The average Bonchev–Trinajstić information content (AvgIpc) is 2.48. The maximum atomic E-state index is 12.4. The third-order valence-electron chi connectivity index (χ3n) is 5.30. The second-order valence-electron chi connectivity index (χ2n) is 7.25. The fourth-order valence-corrected chi connectivity index (χ4v) is 5.06. The summed E-state index contributed by atoms with van der Waals surface area (Å²) < 4.78 is 27.2. The van der Waals surface area contributed by atoms with E-state index < -0.39 is 39.6 Å². The minimum atomic E-state index is -3.70. The van der Waals surface area contributed by atoms with Crippen LogP contribution in [-0.2, 0) is 19.6 Å². The zero-order chi connectivity index (χ0) is 17.9. The monoisotopic (exact) mass is 360 g/mol. The standard InChI is InChI=1S/C16H28N2O5S/c1-11-5-7-13(8-6-11)17-24(22,23)10-15(19)18-9-3-4-14(12(18)2)16(20)21/h11-14,17H,3-10H2,1-2H3,(H,20,21)/t11?,12-,13?,14-/m0/s1. The van der Waals surface area contributed by atoms with Crippen molar-refractivity contribution in [3.05, 3.63) is 0 Å². The van der Waals surface area contributed by atoms with Crippen LogP contribution in [0.2, 0.25) is 0 Å². The van der Waals surface area contributed by atoms with Crippen LogP contribution in [0, 0.1) is 11.8 Å². The first-order valence-electron chi connectivity index (χ1n) is 8.72. The molecule has 2 aliphatic rings. The van der Waals surface area contributed by atoms with Crippen molar-refractivity contribution in [1.82, 2.24) is 9.62 Å². The van der Waals surface area contributed by atoms with Crippen molar-refractivity contribution in [2.24, 2.45) is 11.8 Å². The Bertz CT molecular complexity index is 569. The van der Waals surface area contributed by atoms with Crippen LogP contribution >= 0.6 is 0 Å². The van der Waals surface area contributed by atoms with Crippen LogP contribution in [0.25, 0.3) is 0 Å². The lowest BCUT2D eigenvalue weighted by molar-refractivity contribution is -0.148. The number of nitrogens with zero attached hydrogens (tertiary/aromatic N) is 1. The summed E-state index contributed by atoms with van der Waals surface area (Å²) in [5, 5.41) is 9.21. The topological polar surface area (TPSA) is 104 Å². The Hall–Kier alpha value is -1.15. The van der Waals surface area contributed by atoms with Crippen molar-refractivity contribution in [2.75, 3.05) is 12.3 Å². The highest BCUT2D eigenvalue weighted by molar-refractivity contribution is 7.90. The number of carbonyl (C=O) groups is 2. The lowest BCUT2D eigenvalue weighted by Crippen LogP contribution is -2.52. The molecule has 138 valence electrons. The number of amides is 1. The molecule has 0 unspecified atom stereocenters. The molecule has 1 aliphatic carbocycles. The smallest absolute Gasteiger partial charge is 0.308 e. The fourth-order valence-electron chi connectivity index (χ4n) is 3.74. The van der Waals surface area contributed by atoms with Crippen LogP contribution in [-0.4, -0.2) is 54.7 Å². The van der Waals surface area contributed by atoms with Gasteiger partial charge in [0.1, 0.15) is 5.75 Å². The largest absolute Gasteiger partial charge is 0.481 e. The highest BCUT2D eigenvalue weighted by Crippen LogP contribution is 2.25. The van der Waals surface area contributed by atoms with E-state index in [1.807, 2.05) is 0 Å². The zero-order valence-electron chi connectivity index (χ0n) is 14.4. The minimum absolute atomic E-state index is 0.0930. The van der Waals surface area contributed by atoms with Crippen molar-refractivity contribution in [3.8, 4) is 0 Å². The summed E-state index contributed by atoms with van der Waals surface area (Å²) >= 11 is 0. The van der Waals surface area contributed by atoms with Gasteiger partial charge in [0.15, 0.2) is 0 Å². The molecule has 1 heterocycles. The van der Waals surface area contributed by atoms with E-state index in [9.17, 15) is 23.1 Å². The molecule has 0 aromatic carbocycles. The van der Waals surface area contributed by atoms with Gasteiger partial charge in [-0.2, -0.15) is 0 Å². The third kappa shape index (κ3) is 4.92. The molecule has 2 atom stereocenters. The van der Waals surface area contributed by atoms with E-state index in [1.165, 1.54) is 4.90 Å². The molecule has 7 nitrogen and oxygen atoms in total. The lowest BCUT2D eigenvalue weighted by atomic mass is 9.88. The van der Waals surface area contributed by atoms with Gasteiger partial charge in [-0.25, -0.2) is 13.1 Å². The molecule has 1 aliphatic heterocycles. The molecule has 1 amide bonds. The predicted octanol–water partition coefficient (Wildman–Crippen LogP) is 1.20. The molecule has 1 saturated heterocycles. The Balaban J connectivity index is 1.93. The van der Waals surface area contributed by atoms with Crippen LogP contribution < -0.4 is 4.72 Å². The van der Waals surface area contributed by atoms with Gasteiger partial charge in [0.25, 0.3) is 0 Å². The summed E-state index contributed by atoms with van der Waals surface area (Å²) in [6.07, 6.45) is 4.69. The van der Waals surface area contributed by atoms with Crippen molar-refractivity contribution in [3.63, 3.8) is 0 Å². The van der Waals surface area contributed by atoms with Gasteiger partial charge < -0.3 is 10.0 Å². The Kier molecular flexibility index (Phi) is 6.25. The van der Waals surface area contributed by atoms with Gasteiger partial charge in [-0.3, -0.25) is 9.59 Å². The molecule has 0 spiro atoms. The Labute approximate surface area is 143 Å². The number of carbonyl (C=O) groups excluding carboxylic acids is 1. The first-order valence-corrected chi connectivity index (χ1v) is 10.4. The van der Waals surface area contributed by atoms with E-state index in [0.29, 0.717) is 25.3 Å². The highest BCUT2D eigenvalue weighted by atomic mass is 32.2. The number of hydrogen-bond donors (Lipinski definition) is 2. The molecule has 0 aromatic rings. The van der Waals surface area contributed by atoms with Crippen LogP contribution in [0.4, 0.5) is 0 Å². The molecule has 0 aromatic heterocycles. The van der Waals surface area contributed by atoms with Crippen LogP contribution in [0.5, 0.6) is 0 Å². The molecule has 0 bridgehead atoms. The molecule has 1 saturated carbocycles. The van der Waals surface area contributed by atoms with E-state index in [1.54, 1.807) is 6.92 Å². The molecule has 8 heteroatoms. The van der Waals surface area contributed by atoms with Crippen molar-refractivity contribution >= 4 is 21.9 Å². The van der Waals surface area contributed by atoms with Gasteiger partial charge >= 0.3 is 5.97 Å². The summed E-state index contributed by atoms with van der Waals surface area (Å²) in [5.74, 6) is -2.05. The third-order valence-corrected chi connectivity index (χ3v) is 6.62. The number of hydrogen-bond acceptors (Lipinski definition) is 4. The van der Waals surface area contributed by atoms with Crippen LogP contribution in [0.1, 0.15) is 52.4 Å². The number of nitrogens with one attached hydrogen (secondary N) is 1. The number of likely N-dealkylation sites (tertiary alicyclic amines) is 1. The number of sulfonamides is 1.